The zero-order valence-corrected chi connectivity index (χ0v) is 30.0. The first-order valence-electron chi connectivity index (χ1n) is 17.6. The van der Waals surface area contributed by atoms with Gasteiger partial charge in [0.1, 0.15) is 21.5 Å². The summed E-state index contributed by atoms with van der Waals surface area (Å²) in [4.78, 5) is 37.6. The van der Waals surface area contributed by atoms with E-state index >= 15 is 0 Å². The number of hydrogen-bond donors (Lipinski definition) is 1. The predicted octanol–water partition coefficient (Wildman–Crippen LogP) is 6.27. The highest BCUT2D eigenvalue weighted by molar-refractivity contribution is 7.92. The van der Waals surface area contributed by atoms with Crippen LogP contribution in [-0.4, -0.2) is 64.7 Å². The number of amides is 2. The summed E-state index contributed by atoms with van der Waals surface area (Å²) in [5, 5.41) is 0.740. The van der Waals surface area contributed by atoms with E-state index in [-0.39, 0.29) is 30.1 Å². The second-order valence-corrected chi connectivity index (χ2v) is 16.5. The number of anilines is 1. The summed E-state index contributed by atoms with van der Waals surface area (Å²) in [7, 11) is -1.67. The maximum atomic E-state index is 14.2. The molecule has 0 radical (unpaired) electrons. The Morgan fingerprint density at radius 2 is 2.02 bits per heavy atom. The molecule has 4 aliphatic rings. The zero-order valence-electron chi connectivity index (χ0n) is 28.4. The number of nitrogens with one attached hydrogen (secondary N) is 1. The molecule has 264 valence electrons. The average Bonchev–Trinajstić information content (AvgIpc) is 3.25. The number of ether oxygens (including phenoxy) is 2. The normalized spacial score (nSPS) is 28.6. The summed E-state index contributed by atoms with van der Waals surface area (Å²) >= 11 is 6.45. The molecular weight excluding hydrogens is 674 g/mol. The minimum Gasteiger partial charge on any atom is -0.490 e. The second-order valence-electron chi connectivity index (χ2n) is 14.0. The van der Waals surface area contributed by atoms with E-state index in [0.29, 0.717) is 48.4 Å². The van der Waals surface area contributed by atoms with E-state index in [9.17, 15) is 13.8 Å². The van der Waals surface area contributed by atoms with E-state index in [4.69, 9.17) is 21.1 Å². The van der Waals surface area contributed by atoms with E-state index in [1.807, 2.05) is 18.2 Å². The van der Waals surface area contributed by atoms with Crippen LogP contribution in [0, 0.1) is 11.8 Å². The van der Waals surface area contributed by atoms with Crippen molar-refractivity contribution in [1.29, 1.82) is 0 Å². The molecular formula is C38H44ClN5O5S. The molecule has 12 heteroatoms. The minimum absolute atomic E-state index is 0.0188. The number of benzene rings is 2. The van der Waals surface area contributed by atoms with Crippen molar-refractivity contribution < 1.29 is 23.3 Å². The van der Waals surface area contributed by atoms with Crippen molar-refractivity contribution >= 4 is 39.0 Å². The van der Waals surface area contributed by atoms with Crippen molar-refractivity contribution in [2.75, 3.05) is 37.5 Å². The molecule has 1 N–H and O–H groups in total. The van der Waals surface area contributed by atoms with Crippen LogP contribution < -0.4 is 14.4 Å². The van der Waals surface area contributed by atoms with E-state index in [1.165, 1.54) is 11.1 Å². The van der Waals surface area contributed by atoms with Crippen LogP contribution in [0.25, 0.3) is 0 Å². The van der Waals surface area contributed by atoms with Crippen LogP contribution >= 0.6 is 11.6 Å². The van der Waals surface area contributed by atoms with Crippen LogP contribution in [0.5, 0.6) is 5.75 Å². The third kappa shape index (κ3) is 7.45. The van der Waals surface area contributed by atoms with Crippen LogP contribution in [0.3, 0.4) is 0 Å². The van der Waals surface area contributed by atoms with Gasteiger partial charge < -0.3 is 14.4 Å². The van der Waals surface area contributed by atoms with Gasteiger partial charge in [-0.2, -0.15) is 0 Å². The molecule has 2 amide bonds. The zero-order chi connectivity index (χ0) is 34.7. The number of methoxy groups -OCH3 is 1. The van der Waals surface area contributed by atoms with Gasteiger partial charge in [0, 0.05) is 61.4 Å². The highest BCUT2D eigenvalue weighted by atomic mass is 35.5. The first kappa shape index (κ1) is 34.6. The lowest BCUT2D eigenvalue weighted by Crippen LogP contribution is -2.49. The van der Waals surface area contributed by atoms with Crippen molar-refractivity contribution in [3.8, 4) is 5.75 Å². The molecule has 2 aliphatic carbocycles. The smallest absolute Gasteiger partial charge is 0.286 e. The molecule has 50 heavy (non-hydrogen) atoms. The largest absolute Gasteiger partial charge is 0.490 e. The Morgan fingerprint density at radius 3 is 2.82 bits per heavy atom. The predicted molar refractivity (Wildman–Crippen MR) is 194 cm³/mol. The summed E-state index contributed by atoms with van der Waals surface area (Å²) in [6, 6.07) is 13.3. The van der Waals surface area contributed by atoms with Gasteiger partial charge in [0.05, 0.1) is 24.2 Å². The average molecular weight is 718 g/mol. The van der Waals surface area contributed by atoms with E-state index in [0.717, 1.165) is 55.9 Å². The number of rotatable bonds is 5. The van der Waals surface area contributed by atoms with Gasteiger partial charge in [-0.05, 0) is 104 Å². The molecule has 0 saturated heterocycles. The van der Waals surface area contributed by atoms with Crippen molar-refractivity contribution in [2.45, 2.75) is 69.3 Å². The summed E-state index contributed by atoms with van der Waals surface area (Å²) in [6.45, 7) is 2.01. The lowest BCUT2D eigenvalue weighted by atomic mass is 9.68. The molecule has 5 atom stereocenters. The Labute approximate surface area is 299 Å². The summed E-state index contributed by atoms with van der Waals surface area (Å²) < 4.78 is 33.7. The molecule has 2 aliphatic heterocycles. The number of carbonyl (C=O) groups excluding carboxylic acids is 2. The number of aryl methyl sites for hydroxylation is 2. The molecule has 7 rings (SSSR count). The van der Waals surface area contributed by atoms with Crippen molar-refractivity contribution in [1.82, 2.24) is 14.7 Å². The van der Waals surface area contributed by atoms with Gasteiger partial charge in [-0.3, -0.25) is 14.3 Å². The summed E-state index contributed by atoms with van der Waals surface area (Å²) in [5.41, 5.74) is 3.41. The van der Waals surface area contributed by atoms with Gasteiger partial charge in [0.25, 0.3) is 5.91 Å². The fourth-order valence-electron chi connectivity index (χ4n) is 8.03. The standard InChI is InChI=1S/C38H44ClN5O5S/c1-48-33-8-3-2-4-20-50(47,42-36(45)16-15-35-40-18-6-19-41-35)43-37(46)27-10-14-34-32(22-27)44(23-28-9-12-30(28)33)24-38(25-49-34)17-5-7-26-21-29(39)11-13-31(26)38/h3,6,8,10-11,13-14,18-19,21-22,28,30,33H,2,4-5,7,9,12,15-17,20,23-25H2,1H3,(H,42,43,45,46,47)/b8-3+/t28-,30+,33-,38-,50+/m0/s1. The van der Waals surface area contributed by atoms with Crippen LogP contribution in [0.15, 0.2) is 71.4 Å². The van der Waals surface area contributed by atoms with Gasteiger partial charge >= 0.3 is 0 Å². The van der Waals surface area contributed by atoms with Gasteiger partial charge in [-0.15, -0.1) is 4.36 Å². The van der Waals surface area contributed by atoms with Crippen molar-refractivity contribution in [2.24, 2.45) is 16.2 Å². The van der Waals surface area contributed by atoms with E-state index < -0.39 is 21.7 Å². The first-order chi connectivity index (χ1) is 24.2. The first-order valence-corrected chi connectivity index (χ1v) is 19.7. The number of allylic oxidation sites excluding steroid dienone is 1. The Hall–Kier alpha value is -3.80. The molecule has 1 aromatic heterocycles. The van der Waals surface area contributed by atoms with E-state index in [1.54, 1.807) is 31.6 Å². The number of halogens is 1. The summed E-state index contributed by atoms with van der Waals surface area (Å²) in [5.74, 6) is 0.887. The maximum absolute atomic E-state index is 14.2. The fourth-order valence-corrected chi connectivity index (χ4v) is 9.85. The number of aromatic nitrogens is 2. The minimum atomic E-state index is -3.43. The maximum Gasteiger partial charge on any atom is 0.286 e. The highest BCUT2D eigenvalue weighted by Gasteiger charge is 2.44. The Balaban J connectivity index is 1.24. The fraction of sp³-hybridized carbons (Fsp3) is 0.474. The van der Waals surface area contributed by atoms with Gasteiger partial charge in [0.15, 0.2) is 0 Å². The highest BCUT2D eigenvalue weighted by Crippen LogP contribution is 2.47. The number of carbonyl (C=O) groups is 2. The van der Waals surface area contributed by atoms with Crippen LogP contribution in [0.2, 0.25) is 5.02 Å². The van der Waals surface area contributed by atoms with Gasteiger partial charge in [0.2, 0.25) is 5.91 Å². The number of nitrogens with zero attached hydrogens (tertiary/aromatic N) is 4. The Bertz CT molecular complexity index is 1900. The Morgan fingerprint density at radius 1 is 1.16 bits per heavy atom. The monoisotopic (exact) mass is 717 g/mol. The molecule has 3 heterocycles. The molecule has 1 spiro atoms. The quantitative estimate of drug-likeness (QED) is 0.307. The topological polar surface area (TPSA) is 123 Å². The molecule has 10 nitrogen and oxygen atoms in total. The lowest BCUT2D eigenvalue weighted by molar-refractivity contribution is -0.119. The lowest BCUT2D eigenvalue weighted by Gasteiger charge is -2.46. The molecule has 1 fully saturated rings. The molecule has 2 aromatic carbocycles. The van der Waals surface area contributed by atoms with Crippen LogP contribution in [-0.2, 0) is 37.7 Å². The van der Waals surface area contributed by atoms with Crippen molar-refractivity contribution in [3.05, 3.63) is 94.5 Å². The molecule has 2 bridgehead atoms. The van der Waals surface area contributed by atoms with Gasteiger partial charge in [-0.1, -0.05) is 29.8 Å². The third-order valence-electron chi connectivity index (χ3n) is 10.7. The van der Waals surface area contributed by atoms with E-state index in [2.05, 4.69) is 48.2 Å². The number of hydrogen-bond acceptors (Lipinski definition) is 8. The number of fused-ring (bicyclic) bond motifs is 4. The van der Waals surface area contributed by atoms with Crippen molar-refractivity contribution in [3.63, 3.8) is 0 Å². The molecule has 1 saturated carbocycles. The van der Waals surface area contributed by atoms with Crippen LogP contribution in [0.4, 0.5) is 5.69 Å². The molecule has 0 unspecified atom stereocenters. The third-order valence-corrected chi connectivity index (χ3v) is 12.8. The van der Waals surface area contributed by atoms with Crippen LogP contribution in [0.1, 0.15) is 72.3 Å². The summed E-state index contributed by atoms with van der Waals surface area (Å²) in [6.07, 6.45) is 13.9. The van der Waals surface area contributed by atoms with Gasteiger partial charge in [-0.25, -0.2) is 14.2 Å². The Kier molecular flexibility index (Phi) is 10.3. The second kappa shape index (κ2) is 14.8. The molecule has 3 aromatic rings. The SMILES string of the molecule is CO[C@H]1/C=C/CCC[S@@](=O)(NC(=O)CCc2ncccn2)=NC(=O)c2ccc3c(c2)N(C[C@@H]2CC[C@H]21)C[C@@]1(CCCc2cc(Cl)ccc21)CO3.